The van der Waals surface area contributed by atoms with Gasteiger partial charge in [-0.1, -0.05) is 42.8 Å². The van der Waals surface area contributed by atoms with Crippen LogP contribution in [-0.2, 0) is 0 Å². The molecular formula is C29H47Cl2IN4O4. The van der Waals surface area contributed by atoms with Gasteiger partial charge in [0.1, 0.15) is 11.5 Å². The van der Waals surface area contributed by atoms with E-state index in [2.05, 4.69) is 60.6 Å². The van der Waals surface area contributed by atoms with E-state index < -0.39 is 0 Å². The largest absolute Gasteiger partial charge is 0.415 e. The molecule has 2 rings (SSSR count). The van der Waals surface area contributed by atoms with Crippen molar-refractivity contribution in [2.24, 2.45) is 0 Å². The predicted octanol–water partition coefficient (Wildman–Crippen LogP) is 7.71. The minimum Gasteiger partial charge on any atom is -0.410 e. The van der Waals surface area contributed by atoms with Gasteiger partial charge in [0, 0.05) is 44.3 Å². The summed E-state index contributed by atoms with van der Waals surface area (Å²) in [5.74, 6) is 0.976. The lowest BCUT2D eigenvalue weighted by Gasteiger charge is -2.18. The maximum Gasteiger partial charge on any atom is 0.415 e. The third-order valence-electron chi connectivity index (χ3n) is 5.15. The molecule has 40 heavy (non-hydrogen) atoms. The second-order valence-electron chi connectivity index (χ2n) is 8.70. The maximum absolute atomic E-state index is 11.7. The first-order valence-electron chi connectivity index (χ1n) is 12.8. The molecule has 0 radical (unpaired) electrons. The molecule has 0 aromatic heterocycles. The second kappa shape index (κ2) is 22.8. The monoisotopic (exact) mass is 712 g/mol. The van der Waals surface area contributed by atoms with E-state index in [1.54, 1.807) is 52.3 Å². The smallest absolute Gasteiger partial charge is 0.410 e. The number of halogens is 3. The summed E-state index contributed by atoms with van der Waals surface area (Å²) >= 11 is 13.8. The van der Waals surface area contributed by atoms with Crippen LogP contribution in [0.5, 0.6) is 11.5 Å². The highest BCUT2D eigenvalue weighted by molar-refractivity contribution is 14.1. The topological polar surface area (TPSA) is 65.6 Å². The number of nitrogens with zero attached hydrogens (tertiary/aromatic N) is 4. The van der Waals surface area contributed by atoms with Gasteiger partial charge in [-0.05, 0) is 109 Å². The minimum atomic E-state index is -0.345. The predicted molar refractivity (Wildman–Crippen MR) is 177 cm³/mol. The summed E-state index contributed by atoms with van der Waals surface area (Å²) in [5, 5.41) is 1.14. The maximum atomic E-state index is 11.7. The van der Waals surface area contributed by atoms with Crippen LogP contribution in [0.2, 0.25) is 10.0 Å². The SMILES string of the molecule is C.CCN(CC)C(=O)Oc1cccc(Cl)c1.CCN(CC)C(=O)Oc1cccc(Cl)c1I.CN(C)CCN(C)C. The Morgan fingerprint density at radius 3 is 1.62 bits per heavy atom. The molecule has 0 aliphatic heterocycles. The molecule has 0 bridgehead atoms. The van der Waals surface area contributed by atoms with Gasteiger partial charge in [0.2, 0.25) is 0 Å². The summed E-state index contributed by atoms with van der Waals surface area (Å²) in [4.78, 5) is 30.8. The van der Waals surface area contributed by atoms with Crippen LogP contribution in [0.1, 0.15) is 35.1 Å². The van der Waals surface area contributed by atoms with Crippen LogP contribution in [0, 0.1) is 3.57 Å². The van der Waals surface area contributed by atoms with Crippen molar-refractivity contribution in [2.45, 2.75) is 35.1 Å². The van der Waals surface area contributed by atoms with Gasteiger partial charge in [0.05, 0.1) is 8.59 Å². The van der Waals surface area contributed by atoms with E-state index in [9.17, 15) is 9.59 Å². The molecule has 2 aromatic carbocycles. The highest BCUT2D eigenvalue weighted by Gasteiger charge is 2.14. The van der Waals surface area contributed by atoms with E-state index >= 15 is 0 Å². The number of ether oxygens (including phenoxy) is 2. The Labute approximate surface area is 265 Å². The van der Waals surface area contributed by atoms with E-state index in [-0.39, 0.29) is 19.6 Å². The molecule has 0 fully saturated rings. The molecule has 0 saturated carbocycles. The molecule has 0 heterocycles. The summed E-state index contributed by atoms with van der Waals surface area (Å²) in [5.41, 5.74) is 0. The van der Waals surface area contributed by atoms with Gasteiger partial charge in [-0.3, -0.25) is 0 Å². The zero-order valence-corrected chi connectivity index (χ0v) is 28.0. The fourth-order valence-corrected chi connectivity index (χ4v) is 3.60. The van der Waals surface area contributed by atoms with E-state index in [4.69, 9.17) is 32.7 Å². The molecular weight excluding hydrogens is 666 g/mol. The lowest BCUT2D eigenvalue weighted by atomic mass is 10.3. The third-order valence-corrected chi connectivity index (χ3v) is 7.13. The summed E-state index contributed by atoms with van der Waals surface area (Å²) in [6.07, 6.45) is -0.688. The molecule has 0 saturated heterocycles. The van der Waals surface area contributed by atoms with Crippen molar-refractivity contribution in [2.75, 3.05) is 67.5 Å². The van der Waals surface area contributed by atoms with Crippen molar-refractivity contribution >= 4 is 58.0 Å². The molecule has 0 atom stereocenters. The van der Waals surface area contributed by atoms with Crippen LogP contribution in [-0.4, -0.2) is 99.2 Å². The molecule has 8 nitrogen and oxygen atoms in total. The summed E-state index contributed by atoms with van der Waals surface area (Å²) in [7, 11) is 8.35. The number of carbonyl (C=O) groups excluding carboxylic acids is 2. The van der Waals surface area contributed by atoms with Gasteiger partial charge < -0.3 is 29.1 Å². The average molecular weight is 714 g/mol. The number of carbonyl (C=O) groups is 2. The third kappa shape index (κ3) is 17.1. The first-order valence-corrected chi connectivity index (χ1v) is 14.7. The van der Waals surface area contributed by atoms with Crippen LogP contribution < -0.4 is 9.47 Å². The van der Waals surface area contributed by atoms with E-state index in [0.29, 0.717) is 47.7 Å². The molecule has 0 N–H and O–H groups in total. The van der Waals surface area contributed by atoms with Gasteiger partial charge in [-0.25, -0.2) is 9.59 Å². The van der Waals surface area contributed by atoms with Gasteiger partial charge in [0.15, 0.2) is 0 Å². The van der Waals surface area contributed by atoms with Crippen LogP contribution in [0.3, 0.4) is 0 Å². The van der Waals surface area contributed by atoms with E-state index in [1.807, 2.05) is 27.7 Å². The number of rotatable bonds is 9. The zero-order valence-electron chi connectivity index (χ0n) is 24.3. The molecule has 11 heteroatoms. The Morgan fingerprint density at radius 1 is 0.750 bits per heavy atom. The number of likely N-dealkylation sites (N-methyl/N-ethyl adjacent to an activating group) is 2. The quantitative estimate of drug-likeness (QED) is 0.248. The lowest BCUT2D eigenvalue weighted by molar-refractivity contribution is 0.156. The summed E-state index contributed by atoms with van der Waals surface area (Å²) in [6, 6.07) is 12.0. The van der Waals surface area contributed by atoms with Crippen LogP contribution >= 0.6 is 45.8 Å². The van der Waals surface area contributed by atoms with Crippen molar-refractivity contribution in [3.63, 3.8) is 0 Å². The van der Waals surface area contributed by atoms with Crippen molar-refractivity contribution in [3.8, 4) is 11.5 Å². The molecule has 228 valence electrons. The first kappa shape index (κ1) is 40.3. The summed E-state index contributed by atoms with van der Waals surface area (Å²) in [6.45, 7) is 12.5. The average Bonchev–Trinajstić information content (AvgIpc) is 2.88. The number of hydrogen-bond donors (Lipinski definition) is 0. The van der Waals surface area contributed by atoms with E-state index in [1.165, 1.54) is 0 Å². The molecule has 2 amide bonds. The van der Waals surface area contributed by atoms with Crippen molar-refractivity contribution in [3.05, 3.63) is 56.1 Å². The number of hydrogen-bond acceptors (Lipinski definition) is 6. The minimum absolute atomic E-state index is 0. The lowest BCUT2D eigenvalue weighted by Crippen LogP contribution is -2.33. The van der Waals surface area contributed by atoms with Crippen LogP contribution in [0.25, 0.3) is 0 Å². The molecule has 0 unspecified atom stereocenters. The Kier molecular flexibility index (Phi) is 23.0. The number of benzene rings is 2. The fourth-order valence-electron chi connectivity index (χ4n) is 2.78. The molecule has 2 aromatic rings. The van der Waals surface area contributed by atoms with Gasteiger partial charge in [0.25, 0.3) is 0 Å². The van der Waals surface area contributed by atoms with E-state index in [0.717, 1.165) is 16.7 Å². The van der Waals surface area contributed by atoms with Gasteiger partial charge in [-0.2, -0.15) is 0 Å². The normalized spacial score (nSPS) is 9.93. The second-order valence-corrected chi connectivity index (χ2v) is 10.6. The summed E-state index contributed by atoms with van der Waals surface area (Å²) < 4.78 is 11.2. The Morgan fingerprint density at radius 2 is 1.20 bits per heavy atom. The van der Waals surface area contributed by atoms with Crippen molar-refractivity contribution in [1.29, 1.82) is 0 Å². The fraction of sp³-hybridized carbons (Fsp3) is 0.517. The molecule has 0 spiro atoms. The highest BCUT2D eigenvalue weighted by Crippen LogP contribution is 2.28. The molecule has 0 aliphatic rings. The van der Waals surface area contributed by atoms with Crippen LogP contribution in [0.4, 0.5) is 9.59 Å². The Bertz CT molecular complexity index is 980. The zero-order chi connectivity index (χ0) is 30.0. The van der Waals surface area contributed by atoms with Gasteiger partial charge >= 0.3 is 12.2 Å². The first-order chi connectivity index (χ1) is 18.4. The van der Waals surface area contributed by atoms with Gasteiger partial charge in [-0.15, -0.1) is 0 Å². The molecule has 0 aliphatic carbocycles. The standard InChI is InChI=1S/C11H13ClINO2.C11H14ClNO2.C6H16N2.CH4/c1-3-14(4-2)11(15)16-9-7-5-6-8(12)10(9)13;1-3-13(4-2)11(14)15-10-7-5-6-9(12)8-10;1-7(2)5-6-8(3)4;/h5-7H,3-4H2,1-2H3;5-8H,3-4H2,1-2H3;5-6H2,1-4H3;1H4. The van der Waals surface area contributed by atoms with Crippen LogP contribution in [0.15, 0.2) is 42.5 Å². The Hall–Kier alpha value is -1.79. The van der Waals surface area contributed by atoms with Crippen molar-refractivity contribution in [1.82, 2.24) is 19.6 Å². The highest BCUT2D eigenvalue weighted by atomic mass is 127. The Balaban J connectivity index is 0. The number of amides is 2. The van der Waals surface area contributed by atoms with Crippen molar-refractivity contribution < 1.29 is 19.1 Å².